The SMILES string of the molecule is C[C@]12CCCC[C@@H]1CC[C@@H]1[C@@H]2CC[C@]2(C)[C@@H](OCCC(=O)N3CCN(C(=O)c4cc(Cc5n[nH]c(=O)c6ccccc56)ccc4F)CC3)CC[C@@H]12. The van der Waals surface area contributed by atoms with Gasteiger partial charge in [-0.2, -0.15) is 5.10 Å². The lowest BCUT2D eigenvalue weighted by atomic mass is 9.45. The molecule has 4 aliphatic carbocycles. The smallest absolute Gasteiger partial charge is 0.272 e. The summed E-state index contributed by atoms with van der Waals surface area (Å²) < 4.78 is 21.6. The molecule has 5 fully saturated rings. The van der Waals surface area contributed by atoms with Gasteiger partial charge in [-0.25, -0.2) is 9.49 Å². The number of carbonyl (C=O) groups is 2. The molecule has 2 heterocycles. The Kier molecular flexibility index (Phi) is 9.30. The van der Waals surface area contributed by atoms with Crippen LogP contribution in [0, 0.1) is 40.3 Å². The summed E-state index contributed by atoms with van der Waals surface area (Å²) >= 11 is 0. The predicted molar refractivity (Wildman–Crippen MR) is 195 cm³/mol. The van der Waals surface area contributed by atoms with Gasteiger partial charge in [0.25, 0.3) is 11.5 Å². The molecule has 5 aliphatic rings. The largest absolute Gasteiger partial charge is 0.377 e. The number of rotatable bonds is 7. The first kappa shape index (κ1) is 34.5. The fourth-order valence-corrected chi connectivity index (χ4v) is 11.6. The molecule has 1 N–H and O–H groups in total. The molecule has 0 radical (unpaired) electrons. The zero-order valence-electron chi connectivity index (χ0n) is 30.3. The molecule has 0 unspecified atom stereocenters. The Labute approximate surface area is 300 Å². The highest BCUT2D eigenvalue weighted by Crippen LogP contribution is 2.66. The van der Waals surface area contributed by atoms with Gasteiger partial charge < -0.3 is 14.5 Å². The average molecular weight is 697 g/mol. The van der Waals surface area contributed by atoms with Crippen molar-refractivity contribution >= 4 is 22.6 Å². The fraction of sp³-hybridized carbons (Fsp3) is 0.619. The Morgan fingerprint density at radius 2 is 1.65 bits per heavy atom. The standard InChI is InChI=1S/C42H53FN4O4/c1-41-18-6-5-7-28(41)11-12-31-33-13-15-37(42(33,2)19-16-34(31)41)51-24-17-38(48)46-20-22-47(23-21-46)40(50)32-25-27(10-14-35(32)43)26-36-29-8-3-4-9-30(29)39(49)45-44-36/h3-4,8-10,14,25,28,31,33-34,37H,5-7,11-13,15-24,26H2,1-2H3,(H,45,49)/t28-,31+,33+,34+,37+,41+,42+/m1/s1. The molecule has 9 heteroatoms. The van der Waals surface area contributed by atoms with Crippen molar-refractivity contribution in [1.82, 2.24) is 20.0 Å². The first-order valence-electron chi connectivity index (χ1n) is 19.6. The van der Waals surface area contributed by atoms with E-state index >= 15 is 0 Å². The van der Waals surface area contributed by atoms with Crippen molar-refractivity contribution in [1.29, 1.82) is 0 Å². The van der Waals surface area contributed by atoms with Crippen LogP contribution in [0.1, 0.15) is 106 Å². The summed E-state index contributed by atoms with van der Waals surface area (Å²) in [7, 11) is 0. The molecule has 8 nitrogen and oxygen atoms in total. The van der Waals surface area contributed by atoms with Crippen LogP contribution in [-0.4, -0.2) is 70.7 Å². The molecule has 1 saturated heterocycles. The van der Waals surface area contributed by atoms with E-state index in [4.69, 9.17) is 4.74 Å². The van der Waals surface area contributed by atoms with E-state index in [1.165, 1.54) is 63.9 Å². The second kappa shape index (κ2) is 13.8. The molecule has 7 atom stereocenters. The van der Waals surface area contributed by atoms with Gasteiger partial charge in [0, 0.05) is 38.0 Å². The molecule has 2 amide bonds. The first-order chi connectivity index (χ1) is 24.7. The minimum Gasteiger partial charge on any atom is -0.377 e. The molecule has 3 aromatic rings. The number of aromatic nitrogens is 2. The van der Waals surface area contributed by atoms with Crippen LogP contribution in [0.2, 0.25) is 0 Å². The highest BCUT2D eigenvalue weighted by atomic mass is 19.1. The number of hydrogen-bond donors (Lipinski definition) is 1. The van der Waals surface area contributed by atoms with Crippen molar-refractivity contribution in [2.75, 3.05) is 32.8 Å². The maximum absolute atomic E-state index is 15.0. The Morgan fingerprint density at radius 1 is 0.882 bits per heavy atom. The highest BCUT2D eigenvalue weighted by molar-refractivity contribution is 5.95. The summed E-state index contributed by atoms with van der Waals surface area (Å²) in [6, 6.07) is 11.8. The Hall–Kier alpha value is -3.59. The maximum Gasteiger partial charge on any atom is 0.272 e. The number of halogens is 1. The van der Waals surface area contributed by atoms with E-state index < -0.39 is 5.82 Å². The van der Waals surface area contributed by atoms with Gasteiger partial charge in [0.1, 0.15) is 5.82 Å². The summed E-state index contributed by atoms with van der Waals surface area (Å²) in [6.45, 7) is 7.11. The first-order valence-corrected chi connectivity index (χ1v) is 19.6. The van der Waals surface area contributed by atoms with Gasteiger partial charge in [0.15, 0.2) is 0 Å². The summed E-state index contributed by atoms with van der Waals surface area (Å²) in [5.74, 6) is 2.49. The van der Waals surface area contributed by atoms with Gasteiger partial charge in [-0.3, -0.25) is 14.4 Å². The number of fused-ring (bicyclic) bond motifs is 6. The van der Waals surface area contributed by atoms with Crippen LogP contribution >= 0.6 is 0 Å². The molecule has 2 aromatic carbocycles. The van der Waals surface area contributed by atoms with Gasteiger partial charge in [0.05, 0.1) is 35.8 Å². The summed E-state index contributed by atoms with van der Waals surface area (Å²) in [4.78, 5) is 42.4. The molecule has 0 bridgehead atoms. The van der Waals surface area contributed by atoms with E-state index in [0.29, 0.717) is 62.1 Å². The lowest BCUT2D eigenvalue weighted by Gasteiger charge is -2.60. The lowest BCUT2D eigenvalue weighted by molar-refractivity contribution is -0.140. The Bertz CT molecular complexity index is 1850. The van der Waals surface area contributed by atoms with Gasteiger partial charge in [-0.05, 0) is 110 Å². The number of ether oxygens (including phenoxy) is 1. The number of carbonyl (C=O) groups excluding carboxylic acids is 2. The third kappa shape index (κ3) is 6.21. The van der Waals surface area contributed by atoms with Crippen LogP contribution in [0.4, 0.5) is 4.39 Å². The summed E-state index contributed by atoms with van der Waals surface area (Å²) in [5.41, 5.74) is 1.87. The molecule has 1 aromatic heterocycles. The number of nitrogens with one attached hydrogen (secondary N) is 1. The molecule has 272 valence electrons. The van der Waals surface area contributed by atoms with Crippen LogP contribution in [0.15, 0.2) is 47.3 Å². The Morgan fingerprint density at radius 3 is 2.47 bits per heavy atom. The molecule has 1 aliphatic heterocycles. The fourth-order valence-electron chi connectivity index (χ4n) is 11.6. The van der Waals surface area contributed by atoms with E-state index in [-0.39, 0.29) is 34.5 Å². The van der Waals surface area contributed by atoms with Crippen LogP contribution in [-0.2, 0) is 16.0 Å². The normalized spacial score (nSPS) is 31.9. The van der Waals surface area contributed by atoms with Gasteiger partial charge in [0.2, 0.25) is 5.91 Å². The number of amides is 2. The zero-order valence-corrected chi connectivity index (χ0v) is 30.3. The second-order valence-electron chi connectivity index (χ2n) is 16.8. The summed E-state index contributed by atoms with van der Waals surface area (Å²) in [6.07, 6.45) is 14.4. The minimum absolute atomic E-state index is 0.00712. The number of hydrogen-bond acceptors (Lipinski definition) is 5. The monoisotopic (exact) mass is 696 g/mol. The lowest BCUT2D eigenvalue weighted by Crippen LogP contribution is -2.53. The summed E-state index contributed by atoms with van der Waals surface area (Å²) in [5, 5.41) is 8.04. The third-order valence-corrected chi connectivity index (χ3v) is 14.5. The van der Waals surface area contributed by atoms with Crippen molar-refractivity contribution in [3.63, 3.8) is 0 Å². The number of benzene rings is 2. The van der Waals surface area contributed by atoms with Gasteiger partial charge in [-0.1, -0.05) is 51.0 Å². The highest BCUT2D eigenvalue weighted by Gasteiger charge is 2.60. The van der Waals surface area contributed by atoms with E-state index in [9.17, 15) is 18.8 Å². The third-order valence-electron chi connectivity index (χ3n) is 14.5. The zero-order chi connectivity index (χ0) is 35.3. The second-order valence-corrected chi connectivity index (χ2v) is 16.8. The van der Waals surface area contributed by atoms with Crippen molar-refractivity contribution in [2.45, 2.75) is 97.0 Å². The van der Waals surface area contributed by atoms with Gasteiger partial charge in [-0.15, -0.1) is 0 Å². The molecule has 51 heavy (non-hydrogen) atoms. The Balaban J connectivity index is 0.831. The van der Waals surface area contributed by atoms with Crippen molar-refractivity contribution in [2.24, 2.45) is 34.5 Å². The van der Waals surface area contributed by atoms with Crippen LogP contribution in [0.3, 0.4) is 0 Å². The van der Waals surface area contributed by atoms with E-state index in [2.05, 4.69) is 24.0 Å². The van der Waals surface area contributed by atoms with Crippen molar-refractivity contribution in [3.05, 3.63) is 75.5 Å². The molecular weight excluding hydrogens is 643 g/mol. The molecule has 4 saturated carbocycles. The number of H-pyrrole nitrogens is 1. The predicted octanol–water partition coefficient (Wildman–Crippen LogP) is 7.15. The number of aromatic amines is 1. The van der Waals surface area contributed by atoms with Gasteiger partial charge >= 0.3 is 0 Å². The van der Waals surface area contributed by atoms with Crippen molar-refractivity contribution < 1.29 is 18.7 Å². The molecule has 0 spiro atoms. The average Bonchev–Trinajstić information content (AvgIpc) is 3.49. The van der Waals surface area contributed by atoms with Crippen LogP contribution in [0.25, 0.3) is 10.8 Å². The quantitative estimate of drug-likeness (QED) is 0.283. The van der Waals surface area contributed by atoms with Crippen LogP contribution < -0.4 is 5.56 Å². The molecular formula is C42H53FN4O4. The topological polar surface area (TPSA) is 95.6 Å². The minimum atomic E-state index is -0.578. The maximum atomic E-state index is 15.0. The van der Waals surface area contributed by atoms with Crippen molar-refractivity contribution in [3.8, 4) is 0 Å². The van der Waals surface area contributed by atoms with E-state index in [0.717, 1.165) is 41.0 Å². The molecule has 8 rings (SSSR count). The van der Waals surface area contributed by atoms with E-state index in [1.54, 1.807) is 29.2 Å². The van der Waals surface area contributed by atoms with Crippen LogP contribution in [0.5, 0.6) is 0 Å². The number of piperazine rings is 1. The number of nitrogens with zero attached hydrogens (tertiary/aromatic N) is 3. The van der Waals surface area contributed by atoms with E-state index in [1.807, 2.05) is 17.0 Å².